The quantitative estimate of drug-likeness (QED) is 0.771. The summed E-state index contributed by atoms with van der Waals surface area (Å²) in [6.45, 7) is 0.517. The number of fused-ring (bicyclic) bond motifs is 3. The molecule has 2 aliphatic heterocycles. The first-order valence-corrected chi connectivity index (χ1v) is 8.04. The molecule has 2 aromatic carbocycles. The summed E-state index contributed by atoms with van der Waals surface area (Å²) in [6.07, 6.45) is 0.901. The van der Waals surface area contributed by atoms with Crippen LogP contribution >= 0.6 is 0 Å². The van der Waals surface area contributed by atoms with Gasteiger partial charge in [-0.25, -0.2) is 0 Å². The molecule has 25 heavy (non-hydrogen) atoms. The molecule has 0 bridgehead atoms. The van der Waals surface area contributed by atoms with E-state index in [4.69, 9.17) is 23.4 Å². The average molecular weight is 340 g/mol. The molecule has 3 heterocycles. The lowest BCUT2D eigenvalue weighted by Gasteiger charge is -2.31. The van der Waals surface area contributed by atoms with E-state index in [-0.39, 0.29) is 12.7 Å². The van der Waals surface area contributed by atoms with Crippen molar-refractivity contribution in [3.63, 3.8) is 0 Å². The van der Waals surface area contributed by atoms with Crippen LogP contribution in [-0.4, -0.2) is 25.6 Å². The van der Waals surface area contributed by atoms with Crippen molar-refractivity contribution in [2.45, 2.75) is 12.0 Å². The maximum absolute atomic E-state index is 11.0. The van der Waals surface area contributed by atoms with E-state index in [1.165, 1.54) is 0 Å². The van der Waals surface area contributed by atoms with Gasteiger partial charge in [-0.2, -0.15) is 0 Å². The minimum atomic E-state index is -0.725. The minimum absolute atomic E-state index is 0.187. The predicted molar refractivity (Wildman–Crippen MR) is 88.5 cm³/mol. The summed E-state index contributed by atoms with van der Waals surface area (Å²) in [5.74, 6) is 2.31. The zero-order chi connectivity index (χ0) is 17.0. The van der Waals surface area contributed by atoms with E-state index >= 15 is 0 Å². The summed E-state index contributed by atoms with van der Waals surface area (Å²) in [7, 11) is 1.60. The van der Waals surface area contributed by atoms with Crippen LogP contribution in [0.1, 0.15) is 23.1 Å². The highest BCUT2D eigenvalue weighted by Crippen LogP contribution is 2.48. The van der Waals surface area contributed by atoms with Gasteiger partial charge in [-0.05, 0) is 18.2 Å². The minimum Gasteiger partial charge on any atom is -0.496 e. The second-order valence-corrected chi connectivity index (χ2v) is 6.16. The van der Waals surface area contributed by atoms with Crippen molar-refractivity contribution in [1.82, 2.24) is 0 Å². The highest BCUT2D eigenvalue weighted by Gasteiger charge is 2.34. The van der Waals surface area contributed by atoms with Crippen LogP contribution in [-0.2, 0) is 0 Å². The fraction of sp³-hybridized carbons (Fsp3) is 0.263. The molecule has 0 fully saturated rings. The molecule has 1 aromatic heterocycles. The number of benzene rings is 2. The number of furan rings is 1. The second kappa shape index (κ2) is 5.32. The van der Waals surface area contributed by atoms with Gasteiger partial charge in [0.2, 0.25) is 6.79 Å². The van der Waals surface area contributed by atoms with Gasteiger partial charge in [0, 0.05) is 28.6 Å². The molecule has 0 saturated carbocycles. The molecular weight excluding hydrogens is 324 g/mol. The molecule has 3 aromatic rings. The summed E-state index contributed by atoms with van der Waals surface area (Å²) in [5.41, 5.74) is 2.31. The molecule has 2 atom stereocenters. The molecule has 0 radical (unpaired) electrons. The smallest absolute Gasteiger partial charge is 0.231 e. The first-order valence-electron chi connectivity index (χ1n) is 8.04. The SMILES string of the molecule is COc1cc2c(cc1[C@H]1COc3cc4occc4cc3[C@H]1O)OCO2. The Morgan fingerprint density at radius 2 is 1.84 bits per heavy atom. The van der Waals surface area contributed by atoms with E-state index in [2.05, 4.69) is 0 Å². The largest absolute Gasteiger partial charge is 0.496 e. The lowest BCUT2D eigenvalue weighted by Crippen LogP contribution is -2.24. The monoisotopic (exact) mass is 340 g/mol. The Morgan fingerprint density at radius 1 is 1.00 bits per heavy atom. The van der Waals surface area contributed by atoms with E-state index in [0.29, 0.717) is 29.6 Å². The van der Waals surface area contributed by atoms with E-state index in [1.807, 2.05) is 24.3 Å². The number of methoxy groups -OCH3 is 1. The number of ether oxygens (including phenoxy) is 4. The van der Waals surface area contributed by atoms with Crippen molar-refractivity contribution >= 4 is 11.0 Å². The van der Waals surface area contributed by atoms with Crippen LogP contribution in [0.2, 0.25) is 0 Å². The Morgan fingerprint density at radius 3 is 2.68 bits per heavy atom. The van der Waals surface area contributed by atoms with Crippen LogP contribution in [0.25, 0.3) is 11.0 Å². The van der Waals surface area contributed by atoms with Gasteiger partial charge < -0.3 is 28.5 Å². The lowest BCUT2D eigenvalue weighted by atomic mass is 9.86. The van der Waals surface area contributed by atoms with Gasteiger partial charge in [0.15, 0.2) is 11.5 Å². The number of hydrogen-bond donors (Lipinski definition) is 1. The molecule has 128 valence electrons. The van der Waals surface area contributed by atoms with Crippen molar-refractivity contribution in [3.05, 3.63) is 47.7 Å². The zero-order valence-electron chi connectivity index (χ0n) is 13.5. The third kappa shape index (κ3) is 2.14. The maximum Gasteiger partial charge on any atom is 0.231 e. The van der Waals surface area contributed by atoms with Gasteiger partial charge in [0.05, 0.1) is 32.0 Å². The van der Waals surface area contributed by atoms with Crippen molar-refractivity contribution in [2.75, 3.05) is 20.5 Å². The van der Waals surface area contributed by atoms with Gasteiger partial charge in [0.1, 0.15) is 17.1 Å². The number of aliphatic hydroxyl groups is 1. The Labute approximate surface area is 143 Å². The zero-order valence-corrected chi connectivity index (χ0v) is 13.5. The molecule has 0 spiro atoms. The van der Waals surface area contributed by atoms with Gasteiger partial charge in [-0.3, -0.25) is 0 Å². The predicted octanol–water partition coefficient (Wildman–Crippen LogP) is 3.38. The lowest BCUT2D eigenvalue weighted by molar-refractivity contribution is 0.0878. The first kappa shape index (κ1) is 14.5. The summed E-state index contributed by atoms with van der Waals surface area (Å²) in [5, 5.41) is 11.9. The van der Waals surface area contributed by atoms with Crippen LogP contribution in [0.5, 0.6) is 23.0 Å². The molecule has 0 amide bonds. The molecule has 0 saturated heterocycles. The van der Waals surface area contributed by atoms with Crippen LogP contribution in [0.3, 0.4) is 0 Å². The fourth-order valence-electron chi connectivity index (χ4n) is 3.52. The van der Waals surface area contributed by atoms with E-state index < -0.39 is 6.10 Å². The summed E-state index contributed by atoms with van der Waals surface area (Å²) in [4.78, 5) is 0. The maximum atomic E-state index is 11.0. The van der Waals surface area contributed by atoms with Crippen LogP contribution < -0.4 is 18.9 Å². The number of aliphatic hydroxyl groups excluding tert-OH is 1. The molecule has 6 nitrogen and oxygen atoms in total. The van der Waals surface area contributed by atoms with Gasteiger partial charge in [-0.1, -0.05) is 0 Å². The summed E-state index contributed by atoms with van der Waals surface area (Å²) in [6, 6.07) is 9.25. The van der Waals surface area contributed by atoms with Crippen molar-refractivity contribution < 1.29 is 28.5 Å². The molecule has 2 aliphatic rings. The summed E-state index contributed by atoms with van der Waals surface area (Å²) < 4.78 is 27.7. The molecule has 5 rings (SSSR count). The van der Waals surface area contributed by atoms with Crippen LogP contribution in [0.15, 0.2) is 41.0 Å². The third-order valence-electron chi connectivity index (χ3n) is 4.83. The van der Waals surface area contributed by atoms with Crippen molar-refractivity contribution in [1.29, 1.82) is 0 Å². The van der Waals surface area contributed by atoms with Crippen LogP contribution in [0, 0.1) is 0 Å². The van der Waals surface area contributed by atoms with Gasteiger partial charge in [0.25, 0.3) is 0 Å². The molecule has 6 heteroatoms. The van der Waals surface area contributed by atoms with E-state index in [1.54, 1.807) is 19.4 Å². The van der Waals surface area contributed by atoms with E-state index in [0.717, 1.165) is 22.1 Å². The Balaban J connectivity index is 1.59. The Bertz CT molecular complexity index is 960. The highest BCUT2D eigenvalue weighted by atomic mass is 16.7. The number of rotatable bonds is 2. The van der Waals surface area contributed by atoms with Gasteiger partial charge in [-0.15, -0.1) is 0 Å². The molecule has 1 N–H and O–H groups in total. The standard InChI is InChI=1S/C19H16O6/c1-21-15-7-18-17(24-9-25-18)5-11(15)13-8-23-16-6-14-10(2-3-22-14)4-12(16)19(13)20/h2-7,13,19-20H,8-9H2,1H3/t13-,19-/m1/s1. The second-order valence-electron chi connectivity index (χ2n) is 6.16. The average Bonchev–Trinajstić information content (AvgIpc) is 3.27. The van der Waals surface area contributed by atoms with E-state index in [9.17, 15) is 5.11 Å². The van der Waals surface area contributed by atoms with Crippen molar-refractivity contribution in [3.8, 4) is 23.0 Å². The molecule has 0 aliphatic carbocycles. The molecule has 0 unspecified atom stereocenters. The first-order chi connectivity index (χ1) is 12.2. The topological polar surface area (TPSA) is 70.3 Å². The summed E-state index contributed by atoms with van der Waals surface area (Å²) >= 11 is 0. The van der Waals surface area contributed by atoms with Crippen LogP contribution in [0.4, 0.5) is 0 Å². The fourth-order valence-corrected chi connectivity index (χ4v) is 3.52. The van der Waals surface area contributed by atoms with Crippen molar-refractivity contribution in [2.24, 2.45) is 0 Å². The highest BCUT2D eigenvalue weighted by molar-refractivity contribution is 5.80. The Kier molecular flexibility index (Phi) is 3.08. The number of hydrogen-bond acceptors (Lipinski definition) is 6. The Hall–Kier alpha value is -2.86. The third-order valence-corrected chi connectivity index (χ3v) is 4.83. The molecular formula is C19H16O6. The van der Waals surface area contributed by atoms with Gasteiger partial charge >= 0.3 is 0 Å². The normalized spacial score (nSPS) is 21.0.